The molecule has 1 aliphatic heterocycles. The number of aromatic amines is 1. The topological polar surface area (TPSA) is 83.2 Å². The minimum atomic E-state index is -0.449. The highest BCUT2D eigenvalue weighted by Crippen LogP contribution is 2.31. The Morgan fingerprint density at radius 1 is 1.13 bits per heavy atom. The molecule has 0 saturated carbocycles. The van der Waals surface area contributed by atoms with E-state index in [1.54, 1.807) is 19.2 Å². The molecule has 6 nitrogen and oxygen atoms in total. The zero-order valence-electron chi connectivity index (χ0n) is 17.2. The molecule has 1 unspecified atom stereocenters. The number of ether oxygens (including phenoxy) is 1. The van der Waals surface area contributed by atoms with Gasteiger partial charge in [-0.3, -0.25) is 9.59 Å². The number of amides is 2. The number of methoxy groups -OCH3 is 1. The highest BCUT2D eigenvalue weighted by molar-refractivity contribution is 5.89. The van der Waals surface area contributed by atoms with E-state index in [1.807, 2.05) is 30.3 Å². The first kappa shape index (κ1) is 20.7. The lowest BCUT2D eigenvalue weighted by atomic mass is 10.0. The molecule has 31 heavy (non-hydrogen) atoms. The lowest BCUT2D eigenvalue weighted by Crippen LogP contribution is -2.40. The van der Waals surface area contributed by atoms with Crippen LogP contribution in [0.4, 0.5) is 4.39 Å². The Hall–Kier alpha value is -3.61. The van der Waals surface area contributed by atoms with Gasteiger partial charge in [0.2, 0.25) is 11.8 Å². The van der Waals surface area contributed by atoms with E-state index in [2.05, 4.69) is 15.6 Å². The zero-order valence-corrected chi connectivity index (χ0v) is 17.2. The summed E-state index contributed by atoms with van der Waals surface area (Å²) in [4.78, 5) is 27.5. The van der Waals surface area contributed by atoms with Gasteiger partial charge >= 0.3 is 0 Å². The van der Waals surface area contributed by atoms with E-state index in [0.29, 0.717) is 19.4 Å². The van der Waals surface area contributed by atoms with Crippen molar-refractivity contribution in [2.75, 3.05) is 13.7 Å². The average molecular weight is 421 g/mol. The van der Waals surface area contributed by atoms with Crippen molar-refractivity contribution in [1.29, 1.82) is 0 Å². The van der Waals surface area contributed by atoms with Crippen LogP contribution in [0.5, 0.6) is 5.75 Å². The summed E-state index contributed by atoms with van der Waals surface area (Å²) in [6.45, 7) is 0.588. The van der Waals surface area contributed by atoms with Crippen molar-refractivity contribution in [1.82, 2.24) is 15.6 Å². The third-order valence-electron chi connectivity index (χ3n) is 5.44. The van der Waals surface area contributed by atoms with Gasteiger partial charge in [0.1, 0.15) is 17.6 Å². The van der Waals surface area contributed by atoms with Gasteiger partial charge in [-0.2, -0.15) is 0 Å². The van der Waals surface area contributed by atoms with Crippen molar-refractivity contribution >= 4 is 11.8 Å². The zero-order chi connectivity index (χ0) is 21.8. The SMILES string of the molecule is COc1ccc(-c2[nH]c(-c3ccc(F)cc3)cc2CCC(=O)NC2CCNC2=O)cc1. The fourth-order valence-electron chi connectivity index (χ4n) is 3.74. The normalized spacial score (nSPS) is 15.5. The first-order chi connectivity index (χ1) is 15.0. The summed E-state index contributed by atoms with van der Waals surface area (Å²) in [5.74, 6) is 0.170. The third-order valence-corrected chi connectivity index (χ3v) is 5.44. The predicted octanol–water partition coefficient (Wildman–Crippen LogP) is 3.43. The second-order valence-electron chi connectivity index (χ2n) is 7.52. The molecule has 1 aliphatic rings. The number of nitrogens with one attached hydrogen (secondary N) is 3. The van der Waals surface area contributed by atoms with Crippen LogP contribution in [0.1, 0.15) is 18.4 Å². The van der Waals surface area contributed by atoms with E-state index < -0.39 is 6.04 Å². The number of H-pyrrole nitrogens is 1. The smallest absolute Gasteiger partial charge is 0.242 e. The average Bonchev–Trinajstić information content (AvgIpc) is 3.39. The van der Waals surface area contributed by atoms with Gasteiger partial charge in [-0.25, -0.2) is 4.39 Å². The van der Waals surface area contributed by atoms with Crippen molar-refractivity contribution < 1.29 is 18.7 Å². The Morgan fingerprint density at radius 2 is 1.84 bits per heavy atom. The highest BCUT2D eigenvalue weighted by Gasteiger charge is 2.25. The van der Waals surface area contributed by atoms with Crippen LogP contribution in [0.15, 0.2) is 54.6 Å². The molecule has 4 rings (SSSR count). The van der Waals surface area contributed by atoms with E-state index in [0.717, 1.165) is 33.8 Å². The van der Waals surface area contributed by atoms with Gasteiger partial charge in [0.25, 0.3) is 0 Å². The molecule has 1 saturated heterocycles. The number of hydrogen-bond donors (Lipinski definition) is 3. The number of carbonyl (C=O) groups excluding carboxylic acids is 2. The molecule has 2 aromatic carbocycles. The van der Waals surface area contributed by atoms with Gasteiger partial charge in [-0.15, -0.1) is 0 Å². The van der Waals surface area contributed by atoms with E-state index in [4.69, 9.17) is 4.74 Å². The molecule has 0 bridgehead atoms. The molecule has 3 N–H and O–H groups in total. The number of carbonyl (C=O) groups is 2. The highest BCUT2D eigenvalue weighted by atomic mass is 19.1. The molecule has 3 aromatic rings. The number of halogens is 1. The maximum absolute atomic E-state index is 13.3. The van der Waals surface area contributed by atoms with Gasteiger partial charge in [-0.05, 0) is 84.1 Å². The van der Waals surface area contributed by atoms with Crippen molar-refractivity contribution in [3.63, 3.8) is 0 Å². The molecule has 2 amide bonds. The maximum Gasteiger partial charge on any atom is 0.242 e. The van der Waals surface area contributed by atoms with Crippen molar-refractivity contribution in [3.8, 4) is 28.3 Å². The summed E-state index contributed by atoms with van der Waals surface area (Å²) in [5, 5.41) is 5.52. The van der Waals surface area contributed by atoms with Gasteiger partial charge in [0.15, 0.2) is 0 Å². The second-order valence-corrected chi connectivity index (χ2v) is 7.52. The van der Waals surface area contributed by atoms with Crippen LogP contribution >= 0.6 is 0 Å². The summed E-state index contributed by atoms with van der Waals surface area (Å²) in [6, 6.07) is 15.5. The third kappa shape index (κ3) is 4.77. The Labute approximate surface area is 179 Å². The molecule has 0 radical (unpaired) electrons. The van der Waals surface area contributed by atoms with Crippen LogP contribution in [0, 0.1) is 5.82 Å². The van der Waals surface area contributed by atoms with Crippen LogP contribution in [-0.2, 0) is 16.0 Å². The van der Waals surface area contributed by atoms with Gasteiger partial charge in [-0.1, -0.05) is 0 Å². The summed E-state index contributed by atoms with van der Waals surface area (Å²) >= 11 is 0. The maximum atomic E-state index is 13.3. The Bertz CT molecular complexity index is 1070. The summed E-state index contributed by atoms with van der Waals surface area (Å²) in [6.07, 6.45) is 1.37. The lowest BCUT2D eigenvalue weighted by molar-refractivity contribution is -0.127. The molecule has 7 heteroatoms. The number of rotatable bonds is 7. The first-order valence-electron chi connectivity index (χ1n) is 10.2. The summed E-state index contributed by atoms with van der Waals surface area (Å²) in [5.41, 5.74) is 4.52. The summed E-state index contributed by atoms with van der Waals surface area (Å²) < 4.78 is 18.6. The fraction of sp³-hybridized carbons (Fsp3) is 0.250. The second kappa shape index (κ2) is 9.04. The molecular formula is C24H24FN3O3. The van der Waals surface area contributed by atoms with Gasteiger partial charge < -0.3 is 20.4 Å². The lowest BCUT2D eigenvalue weighted by Gasteiger charge is -2.10. The quantitative estimate of drug-likeness (QED) is 0.547. The standard InChI is InChI=1S/C24H24FN3O3/c1-31-19-9-4-16(5-10-19)23-17(6-11-22(29)27-20-12-13-26-24(20)30)14-21(28-23)15-2-7-18(25)8-3-15/h2-5,7-10,14,20,28H,6,11-13H2,1H3,(H,26,30)(H,27,29). The minimum Gasteiger partial charge on any atom is -0.497 e. The van der Waals surface area contributed by atoms with E-state index >= 15 is 0 Å². The molecular weight excluding hydrogens is 397 g/mol. The van der Waals surface area contributed by atoms with E-state index in [1.165, 1.54) is 12.1 Å². The fourth-order valence-corrected chi connectivity index (χ4v) is 3.74. The number of aromatic nitrogens is 1. The first-order valence-corrected chi connectivity index (χ1v) is 10.2. The van der Waals surface area contributed by atoms with Crippen LogP contribution in [-0.4, -0.2) is 36.5 Å². The van der Waals surface area contributed by atoms with Crippen LogP contribution in [0.3, 0.4) is 0 Å². The van der Waals surface area contributed by atoms with Gasteiger partial charge in [0, 0.05) is 24.4 Å². The molecule has 0 spiro atoms. The molecule has 1 atom stereocenters. The monoisotopic (exact) mass is 421 g/mol. The Balaban J connectivity index is 1.57. The van der Waals surface area contributed by atoms with E-state index in [-0.39, 0.29) is 24.1 Å². The van der Waals surface area contributed by atoms with Crippen LogP contribution in [0.2, 0.25) is 0 Å². The minimum absolute atomic E-state index is 0.132. The Kier molecular flexibility index (Phi) is 6.02. The molecule has 160 valence electrons. The molecule has 1 aromatic heterocycles. The van der Waals surface area contributed by atoms with Crippen LogP contribution in [0.25, 0.3) is 22.5 Å². The molecule has 0 aliphatic carbocycles. The number of benzene rings is 2. The molecule has 1 fully saturated rings. The summed E-state index contributed by atoms with van der Waals surface area (Å²) in [7, 11) is 1.62. The van der Waals surface area contributed by atoms with E-state index in [9.17, 15) is 14.0 Å². The largest absolute Gasteiger partial charge is 0.497 e. The predicted molar refractivity (Wildman–Crippen MR) is 116 cm³/mol. The van der Waals surface area contributed by atoms with Crippen molar-refractivity contribution in [3.05, 3.63) is 66.0 Å². The number of aryl methyl sites for hydroxylation is 1. The molecule has 2 heterocycles. The van der Waals surface area contributed by atoms with Crippen LogP contribution < -0.4 is 15.4 Å². The van der Waals surface area contributed by atoms with Crippen molar-refractivity contribution in [2.24, 2.45) is 0 Å². The number of hydrogen-bond acceptors (Lipinski definition) is 3. The Morgan fingerprint density at radius 3 is 2.48 bits per heavy atom. The van der Waals surface area contributed by atoms with Gasteiger partial charge in [0.05, 0.1) is 7.11 Å². The van der Waals surface area contributed by atoms with Crippen molar-refractivity contribution in [2.45, 2.75) is 25.3 Å².